The first-order valence-corrected chi connectivity index (χ1v) is 7.75. The van der Waals surface area contributed by atoms with Gasteiger partial charge in [0.25, 0.3) is 5.56 Å². The second-order valence-electron chi connectivity index (χ2n) is 4.96. The lowest BCUT2D eigenvalue weighted by Gasteiger charge is -1.93. The summed E-state index contributed by atoms with van der Waals surface area (Å²) in [5, 5.41) is 4.24. The van der Waals surface area contributed by atoms with Gasteiger partial charge in [-0.05, 0) is 35.9 Å². The molecule has 0 aliphatic carbocycles. The molecule has 4 nitrogen and oxygen atoms in total. The highest BCUT2D eigenvalue weighted by atomic mass is 32.1. The Balaban J connectivity index is 1.82. The quantitative estimate of drug-likeness (QED) is 0.569. The largest absolute Gasteiger partial charge is 0.291 e. The average molecular weight is 323 g/mol. The molecule has 0 atom stereocenters. The minimum atomic E-state index is -0.320. The van der Waals surface area contributed by atoms with Crippen molar-refractivity contribution in [3.8, 4) is 11.4 Å². The van der Waals surface area contributed by atoms with E-state index >= 15 is 0 Å². The third kappa shape index (κ3) is 2.53. The van der Waals surface area contributed by atoms with Gasteiger partial charge in [-0.2, -0.15) is 9.50 Å². The molecule has 4 aromatic rings. The standard InChI is InChI=1S/C17H10FN3OS/c18-13-8-6-12(7-9-13)15-19-17-21(20-15)16(22)14(23-17)10-11-4-2-1-3-5-11/h1-10H. The summed E-state index contributed by atoms with van der Waals surface area (Å²) >= 11 is 1.28. The highest BCUT2D eigenvalue weighted by molar-refractivity contribution is 7.15. The van der Waals surface area contributed by atoms with Gasteiger partial charge in [0.15, 0.2) is 5.82 Å². The van der Waals surface area contributed by atoms with Gasteiger partial charge in [0.05, 0.1) is 4.53 Å². The number of hydrogen-bond acceptors (Lipinski definition) is 4. The van der Waals surface area contributed by atoms with Crippen molar-refractivity contribution >= 4 is 22.4 Å². The van der Waals surface area contributed by atoms with Gasteiger partial charge in [-0.15, -0.1) is 5.10 Å². The van der Waals surface area contributed by atoms with Crippen molar-refractivity contribution in [1.29, 1.82) is 0 Å². The van der Waals surface area contributed by atoms with Crippen LogP contribution in [0.15, 0.2) is 59.4 Å². The van der Waals surface area contributed by atoms with Gasteiger partial charge in [-0.1, -0.05) is 41.7 Å². The zero-order valence-corrected chi connectivity index (χ0v) is 12.6. The van der Waals surface area contributed by atoms with Crippen LogP contribution in [0.1, 0.15) is 5.56 Å². The van der Waals surface area contributed by atoms with E-state index in [0.29, 0.717) is 20.9 Å². The van der Waals surface area contributed by atoms with Crippen LogP contribution >= 0.6 is 11.3 Å². The Hall–Kier alpha value is -2.86. The molecule has 2 aromatic heterocycles. The predicted molar refractivity (Wildman–Crippen MR) is 87.8 cm³/mol. The molecule has 0 unspecified atom stereocenters. The average Bonchev–Trinajstić information content (AvgIpc) is 3.10. The summed E-state index contributed by atoms with van der Waals surface area (Å²) in [7, 11) is 0. The Labute approximate surface area is 134 Å². The van der Waals surface area contributed by atoms with Crippen molar-refractivity contribution in [2.24, 2.45) is 0 Å². The van der Waals surface area contributed by atoms with Crippen LogP contribution in [0.4, 0.5) is 4.39 Å². The SMILES string of the molecule is O=c1c(=Cc2ccccc2)sc2nc(-c3ccc(F)cc3)nn12. The molecule has 0 aliphatic heterocycles. The van der Waals surface area contributed by atoms with E-state index in [-0.39, 0.29) is 11.4 Å². The fourth-order valence-corrected chi connectivity index (χ4v) is 3.16. The number of fused-ring (bicyclic) bond motifs is 1. The van der Waals surface area contributed by atoms with Crippen LogP contribution in [0, 0.1) is 5.82 Å². The molecule has 4 rings (SSSR count). The number of rotatable bonds is 2. The third-order valence-corrected chi connectivity index (χ3v) is 4.34. The maximum atomic E-state index is 13.0. The lowest BCUT2D eigenvalue weighted by Crippen LogP contribution is -2.23. The van der Waals surface area contributed by atoms with E-state index in [2.05, 4.69) is 10.1 Å². The second-order valence-corrected chi connectivity index (χ2v) is 5.97. The van der Waals surface area contributed by atoms with Crippen molar-refractivity contribution in [2.75, 3.05) is 0 Å². The molecule has 0 aliphatic rings. The van der Waals surface area contributed by atoms with Gasteiger partial charge < -0.3 is 0 Å². The Kier molecular flexibility index (Phi) is 3.24. The first-order chi connectivity index (χ1) is 11.2. The highest BCUT2D eigenvalue weighted by Crippen LogP contribution is 2.16. The number of benzene rings is 2. The first-order valence-electron chi connectivity index (χ1n) is 6.93. The number of thiazole rings is 1. The van der Waals surface area contributed by atoms with Gasteiger partial charge in [0.1, 0.15) is 5.82 Å². The second kappa shape index (κ2) is 5.40. The van der Waals surface area contributed by atoms with Gasteiger partial charge in [0.2, 0.25) is 4.96 Å². The Morgan fingerprint density at radius 2 is 1.78 bits per heavy atom. The van der Waals surface area contributed by atoms with Gasteiger partial charge in [-0.25, -0.2) is 4.39 Å². The molecule has 0 radical (unpaired) electrons. The molecule has 0 fully saturated rings. The molecule has 0 saturated carbocycles. The number of aromatic nitrogens is 3. The summed E-state index contributed by atoms with van der Waals surface area (Å²) < 4.78 is 14.8. The molecule has 0 bridgehead atoms. The molecule has 0 amide bonds. The molecular formula is C17H10FN3OS. The van der Waals surface area contributed by atoms with Crippen LogP contribution < -0.4 is 10.1 Å². The van der Waals surface area contributed by atoms with E-state index in [1.807, 2.05) is 36.4 Å². The van der Waals surface area contributed by atoms with Crippen LogP contribution in [-0.4, -0.2) is 14.6 Å². The van der Waals surface area contributed by atoms with Crippen LogP contribution in [-0.2, 0) is 0 Å². The lowest BCUT2D eigenvalue weighted by atomic mass is 10.2. The van der Waals surface area contributed by atoms with Gasteiger partial charge in [0, 0.05) is 5.56 Å². The van der Waals surface area contributed by atoms with E-state index in [0.717, 1.165) is 5.56 Å². The topological polar surface area (TPSA) is 47.3 Å². The summed E-state index contributed by atoms with van der Waals surface area (Å²) in [4.78, 5) is 17.3. The summed E-state index contributed by atoms with van der Waals surface area (Å²) in [6.45, 7) is 0. The maximum absolute atomic E-state index is 13.0. The molecule has 0 spiro atoms. The maximum Gasteiger partial charge on any atom is 0.291 e. The Morgan fingerprint density at radius 3 is 2.48 bits per heavy atom. The third-order valence-electron chi connectivity index (χ3n) is 3.38. The van der Waals surface area contributed by atoms with E-state index in [4.69, 9.17) is 0 Å². The molecule has 112 valence electrons. The smallest absolute Gasteiger partial charge is 0.266 e. The summed E-state index contributed by atoms with van der Waals surface area (Å²) in [5.74, 6) is 0.0960. The summed E-state index contributed by atoms with van der Waals surface area (Å²) in [6.07, 6.45) is 1.82. The lowest BCUT2D eigenvalue weighted by molar-refractivity contribution is 0.628. The van der Waals surface area contributed by atoms with E-state index in [1.165, 1.54) is 28.0 Å². The van der Waals surface area contributed by atoms with Crippen molar-refractivity contribution in [1.82, 2.24) is 14.6 Å². The number of halogens is 1. The molecule has 0 saturated heterocycles. The van der Waals surface area contributed by atoms with Crippen LogP contribution in [0.5, 0.6) is 0 Å². The molecule has 23 heavy (non-hydrogen) atoms. The molecule has 6 heteroatoms. The van der Waals surface area contributed by atoms with Crippen molar-refractivity contribution in [3.05, 3.63) is 80.9 Å². The first kappa shape index (κ1) is 13.8. The van der Waals surface area contributed by atoms with Crippen molar-refractivity contribution < 1.29 is 4.39 Å². The van der Waals surface area contributed by atoms with E-state index in [1.54, 1.807) is 12.1 Å². The monoisotopic (exact) mass is 323 g/mol. The van der Waals surface area contributed by atoms with E-state index in [9.17, 15) is 9.18 Å². The Morgan fingerprint density at radius 1 is 1.04 bits per heavy atom. The zero-order chi connectivity index (χ0) is 15.8. The molecule has 2 heterocycles. The van der Waals surface area contributed by atoms with Crippen LogP contribution in [0.25, 0.3) is 22.4 Å². The zero-order valence-electron chi connectivity index (χ0n) is 11.8. The van der Waals surface area contributed by atoms with Gasteiger partial charge >= 0.3 is 0 Å². The predicted octanol–water partition coefficient (Wildman–Crippen LogP) is 2.50. The summed E-state index contributed by atoms with van der Waals surface area (Å²) in [6, 6.07) is 15.5. The minimum Gasteiger partial charge on any atom is -0.266 e. The van der Waals surface area contributed by atoms with E-state index < -0.39 is 0 Å². The molecular weight excluding hydrogens is 313 g/mol. The summed E-state index contributed by atoms with van der Waals surface area (Å²) in [5.41, 5.74) is 1.43. The molecule has 0 N–H and O–H groups in total. The number of nitrogens with zero attached hydrogens (tertiary/aromatic N) is 3. The highest BCUT2D eigenvalue weighted by Gasteiger charge is 2.11. The fraction of sp³-hybridized carbons (Fsp3) is 0. The normalized spacial score (nSPS) is 12.1. The van der Waals surface area contributed by atoms with Crippen LogP contribution in [0.3, 0.4) is 0 Å². The Bertz CT molecular complexity index is 1080. The fourth-order valence-electron chi connectivity index (χ4n) is 2.26. The molecule has 2 aromatic carbocycles. The van der Waals surface area contributed by atoms with Crippen molar-refractivity contribution in [3.63, 3.8) is 0 Å². The minimum absolute atomic E-state index is 0.199. The number of hydrogen-bond donors (Lipinski definition) is 0. The van der Waals surface area contributed by atoms with Crippen LogP contribution in [0.2, 0.25) is 0 Å². The van der Waals surface area contributed by atoms with Crippen molar-refractivity contribution in [2.45, 2.75) is 0 Å². The van der Waals surface area contributed by atoms with Gasteiger partial charge in [-0.3, -0.25) is 4.79 Å².